The van der Waals surface area contributed by atoms with Crippen molar-refractivity contribution in [2.75, 3.05) is 7.11 Å². The zero-order valence-electron chi connectivity index (χ0n) is 13.4. The van der Waals surface area contributed by atoms with Gasteiger partial charge in [0.15, 0.2) is 0 Å². The van der Waals surface area contributed by atoms with E-state index in [4.69, 9.17) is 9.73 Å². The van der Waals surface area contributed by atoms with Gasteiger partial charge in [0.2, 0.25) is 0 Å². The Hall–Kier alpha value is -3.13. The smallest absolute Gasteiger partial charge is 0.127 e. The summed E-state index contributed by atoms with van der Waals surface area (Å²) in [5.41, 5.74) is 1.93. The van der Waals surface area contributed by atoms with Crippen LogP contribution in [0.4, 0.5) is 5.69 Å². The van der Waals surface area contributed by atoms with Gasteiger partial charge in [0, 0.05) is 17.2 Å². The minimum Gasteiger partial charge on any atom is -0.496 e. The lowest BCUT2D eigenvalue weighted by Crippen LogP contribution is -1.89. The van der Waals surface area contributed by atoms with Gasteiger partial charge in [-0.25, -0.2) is 0 Å². The molecule has 116 valence electrons. The third-order valence-electron chi connectivity index (χ3n) is 4.25. The molecule has 0 spiro atoms. The topological polar surface area (TPSA) is 21.6 Å². The molecule has 4 aromatic rings. The fraction of sp³-hybridized carbons (Fsp3) is 0.0455. The second kappa shape index (κ2) is 6.17. The fourth-order valence-corrected chi connectivity index (χ4v) is 3.05. The van der Waals surface area contributed by atoms with E-state index in [1.165, 1.54) is 16.2 Å². The van der Waals surface area contributed by atoms with Crippen molar-refractivity contribution in [1.82, 2.24) is 0 Å². The van der Waals surface area contributed by atoms with Gasteiger partial charge in [0.05, 0.1) is 12.8 Å². The van der Waals surface area contributed by atoms with Crippen LogP contribution < -0.4 is 4.74 Å². The summed E-state index contributed by atoms with van der Waals surface area (Å²) in [6.45, 7) is 0. The lowest BCUT2D eigenvalue weighted by molar-refractivity contribution is 0.414. The first-order valence-corrected chi connectivity index (χ1v) is 7.94. The van der Waals surface area contributed by atoms with Crippen LogP contribution in [-0.2, 0) is 0 Å². The van der Waals surface area contributed by atoms with Gasteiger partial charge in [-0.15, -0.1) is 0 Å². The van der Waals surface area contributed by atoms with Crippen LogP contribution in [0.3, 0.4) is 0 Å². The lowest BCUT2D eigenvalue weighted by Gasteiger charge is -2.07. The molecule has 0 atom stereocenters. The van der Waals surface area contributed by atoms with Crippen LogP contribution in [0, 0.1) is 0 Å². The monoisotopic (exact) mass is 311 g/mol. The summed E-state index contributed by atoms with van der Waals surface area (Å²) in [4.78, 5) is 4.72. The highest BCUT2D eigenvalue weighted by Gasteiger charge is 2.04. The van der Waals surface area contributed by atoms with Crippen LogP contribution in [0.1, 0.15) is 5.56 Å². The summed E-state index contributed by atoms with van der Waals surface area (Å²) in [6, 6.07) is 26.9. The Bertz CT molecular complexity index is 1050. The first-order chi connectivity index (χ1) is 11.9. The Morgan fingerprint density at radius 3 is 2.42 bits per heavy atom. The van der Waals surface area contributed by atoms with Crippen molar-refractivity contribution in [2.45, 2.75) is 0 Å². The van der Waals surface area contributed by atoms with Gasteiger partial charge in [-0.2, -0.15) is 0 Å². The van der Waals surface area contributed by atoms with Gasteiger partial charge < -0.3 is 4.74 Å². The number of ether oxygens (including phenoxy) is 1. The number of para-hydroxylation sites is 1. The van der Waals surface area contributed by atoms with Gasteiger partial charge in [-0.1, -0.05) is 60.7 Å². The second-order valence-electron chi connectivity index (χ2n) is 5.66. The quantitative estimate of drug-likeness (QED) is 0.348. The minimum atomic E-state index is 0.826. The van der Waals surface area contributed by atoms with Crippen molar-refractivity contribution < 1.29 is 4.74 Å². The number of benzene rings is 4. The number of hydrogen-bond acceptors (Lipinski definition) is 2. The molecule has 0 saturated heterocycles. The maximum atomic E-state index is 5.39. The molecule has 0 aromatic heterocycles. The Morgan fingerprint density at radius 1 is 0.708 bits per heavy atom. The molecule has 0 fully saturated rings. The molecule has 0 aliphatic carbocycles. The molecule has 0 aliphatic rings. The molecule has 4 aromatic carbocycles. The normalized spacial score (nSPS) is 11.4. The van der Waals surface area contributed by atoms with Crippen LogP contribution in [0.25, 0.3) is 21.5 Å². The molecule has 0 radical (unpaired) electrons. The van der Waals surface area contributed by atoms with Gasteiger partial charge in [-0.3, -0.25) is 4.99 Å². The number of aliphatic imine (C=N–C) groups is 1. The highest BCUT2D eigenvalue weighted by Crippen LogP contribution is 2.31. The molecule has 0 saturated carbocycles. The maximum absolute atomic E-state index is 5.39. The molecule has 0 bridgehead atoms. The van der Waals surface area contributed by atoms with E-state index in [0.29, 0.717) is 0 Å². The average molecular weight is 311 g/mol. The predicted octanol–water partition coefficient (Wildman–Crippen LogP) is 5.75. The summed E-state index contributed by atoms with van der Waals surface area (Å²) in [5, 5.41) is 4.88. The van der Waals surface area contributed by atoms with Crippen LogP contribution in [-0.4, -0.2) is 13.3 Å². The number of methoxy groups -OCH3 is 1. The summed E-state index contributed by atoms with van der Waals surface area (Å²) >= 11 is 0. The van der Waals surface area contributed by atoms with E-state index in [1.807, 2.05) is 36.5 Å². The van der Waals surface area contributed by atoms with E-state index in [-0.39, 0.29) is 0 Å². The maximum Gasteiger partial charge on any atom is 0.127 e. The molecule has 0 amide bonds. The van der Waals surface area contributed by atoms with Gasteiger partial charge in [0.1, 0.15) is 5.75 Å². The lowest BCUT2D eigenvalue weighted by atomic mass is 10.0. The van der Waals surface area contributed by atoms with Crippen LogP contribution >= 0.6 is 0 Å². The number of rotatable bonds is 3. The van der Waals surface area contributed by atoms with Crippen molar-refractivity contribution >= 4 is 33.4 Å². The summed E-state index contributed by atoms with van der Waals surface area (Å²) in [5.74, 6) is 0.826. The summed E-state index contributed by atoms with van der Waals surface area (Å²) in [7, 11) is 1.68. The van der Waals surface area contributed by atoms with Crippen molar-refractivity contribution in [3.8, 4) is 5.75 Å². The summed E-state index contributed by atoms with van der Waals surface area (Å²) in [6.07, 6.45) is 1.86. The number of fused-ring (bicyclic) bond motifs is 3. The van der Waals surface area contributed by atoms with E-state index in [1.54, 1.807) is 7.11 Å². The first kappa shape index (κ1) is 14.5. The van der Waals surface area contributed by atoms with Gasteiger partial charge >= 0.3 is 0 Å². The molecular weight excluding hydrogens is 294 g/mol. The van der Waals surface area contributed by atoms with Crippen molar-refractivity contribution in [1.29, 1.82) is 0 Å². The molecule has 0 N–H and O–H groups in total. The molecule has 24 heavy (non-hydrogen) atoms. The van der Waals surface area contributed by atoms with Gasteiger partial charge in [0.25, 0.3) is 0 Å². The van der Waals surface area contributed by atoms with E-state index in [9.17, 15) is 0 Å². The van der Waals surface area contributed by atoms with Crippen LogP contribution in [0.2, 0.25) is 0 Å². The van der Waals surface area contributed by atoms with Crippen LogP contribution in [0.5, 0.6) is 5.75 Å². The van der Waals surface area contributed by atoms with E-state index >= 15 is 0 Å². The standard InChI is InChI=1S/C22H17NO/c1-24-22-12-5-3-8-17(22)15-23-21-11-6-10-19-18-9-4-2-7-16(18)13-14-20(19)21/h2-15H,1H3/b23-15+. The van der Waals surface area contributed by atoms with Crippen molar-refractivity contribution in [3.05, 3.63) is 84.4 Å². The Labute approximate surface area is 141 Å². The highest BCUT2D eigenvalue weighted by molar-refractivity contribution is 6.11. The zero-order valence-corrected chi connectivity index (χ0v) is 13.4. The fourth-order valence-electron chi connectivity index (χ4n) is 3.05. The molecule has 0 heterocycles. The molecule has 2 nitrogen and oxygen atoms in total. The molecule has 2 heteroatoms. The Kier molecular flexibility index (Phi) is 3.72. The van der Waals surface area contributed by atoms with E-state index in [2.05, 4.69) is 48.5 Å². The molecule has 0 unspecified atom stereocenters. The van der Waals surface area contributed by atoms with Crippen molar-refractivity contribution in [2.24, 2.45) is 4.99 Å². The number of hydrogen-bond donors (Lipinski definition) is 0. The van der Waals surface area contributed by atoms with Crippen LogP contribution in [0.15, 0.2) is 83.9 Å². The second-order valence-corrected chi connectivity index (χ2v) is 5.66. The average Bonchev–Trinajstić information content (AvgIpc) is 2.66. The summed E-state index contributed by atoms with van der Waals surface area (Å²) < 4.78 is 5.39. The number of nitrogens with zero attached hydrogens (tertiary/aromatic N) is 1. The molecule has 0 aliphatic heterocycles. The van der Waals surface area contributed by atoms with E-state index < -0.39 is 0 Å². The van der Waals surface area contributed by atoms with Crippen molar-refractivity contribution in [3.63, 3.8) is 0 Å². The Morgan fingerprint density at radius 2 is 1.50 bits per heavy atom. The third-order valence-corrected chi connectivity index (χ3v) is 4.25. The zero-order chi connectivity index (χ0) is 16.4. The predicted molar refractivity (Wildman–Crippen MR) is 102 cm³/mol. The molecular formula is C22H17NO. The first-order valence-electron chi connectivity index (χ1n) is 7.94. The third kappa shape index (κ3) is 2.52. The van der Waals surface area contributed by atoms with E-state index in [0.717, 1.165) is 22.4 Å². The minimum absolute atomic E-state index is 0.826. The SMILES string of the molecule is COc1ccccc1/C=N/c1cccc2c1ccc1ccccc12. The Balaban J connectivity index is 1.85. The van der Waals surface area contributed by atoms with Gasteiger partial charge in [-0.05, 0) is 34.4 Å². The largest absolute Gasteiger partial charge is 0.496 e. The highest BCUT2D eigenvalue weighted by atomic mass is 16.5. The molecule has 4 rings (SSSR count).